The Morgan fingerprint density at radius 2 is 2.08 bits per heavy atom. The highest BCUT2D eigenvalue weighted by Gasteiger charge is 2.23. The summed E-state index contributed by atoms with van der Waals surface area (Å²) in [6, 6.07) is 4.72. The van der Waals surface area contributed by atoms with Crippen molar-refractivity contribution in [2.75, 3.05) is 0 Å². The highest BCUT2D eigenvalue weighted by Crippen LogP contribution is 2.11. The highest BCUT2D eigenvalue weighted by atomic mass is 16.2. The smallest absolute Gasteiger partial charge is 0.261 e. The van der Waals surface area contributed by atoms with E-state index in [-0.39, 0.29) is 30.3 Å². The molecule has 1 heterocycles. The Balaban J connectivity index is 2.10. The van der Waals surface area contributed by atoms with Gasteiger partial charge in [0.05, 0.1) is 17.2 Å². The first-order valence-corrected chi connectivity index (χ1v) is 8.38. The van der Waals surface area contributed by atoms with Gasteiger partial charge in [0.25, 0.3) is 5.56 Å². The molecule has 2 atom stereocenters. The lowest BCUT2D eigenvalue weighted by molar-refractivity contribution is -0.128. The van der Waals surface area contributed by atoms with Crippen LogP contribution in [0.2, 0.25) is 0 Å². The molecule has 2 amide bonds. The van der Waals surface area contributed by atoms with Gasteiger partial charge in [0.15, 0.2) is 0 Å². The van der Waals surface area contributed by atoms with E-state index in [1.54, 1.807) is 12.1 Å². The zero-order valence-electron chi connectivity index (χ0n) is 14.8. The number of hydrogen-bond acceptors (Lipinski definition) is 4. The Morgan fingerprint density at radius 3 is 2.72 bits per heavy atom. The van der Waals surface area contributed by atoms with Crippen LogP contribution in [0.3, 0.4) is 0 Å². The van der Waals surface area contributed by atoms with E-state index < -0.39 is 11.9 Å². The zero-order valence-corrected chi connectivity index (χ0v) is 14.8. The summed E-state index contributed by atoms with van der Waals surface area (Å²) in [5.41, 5.74) is 6.76. The highest BCUT2D eigenvalue weighted by molar-refractivity contribution is 5.86. The number of amides is 2. The fourth-order valence-electron chi connectivity index (χ4n) is 2.69. The zero-order chi connectivity index (χ0) is 18.6. The van der Waals surface area contributed by atoms with Crippen molar-refractivity contribution in [3.8, 4) is 0 Å². The van der Waals surface area contributed by atoms with Crippen LogP contribution in [0.4, 0.5) is 0 Å². The van der Waals surface area contributed by atoms with Crippen molar-refractivity contribution in [3.63, 3.8) is 0 Å². The second kappa shape index (κ2) is 7.92. The quantitative estimate of drug-likeness (QED) is 0.784. The predicted molar refractivity (Wildman–Crippen MR) is 95.9 cm³/mol. The van der Waals surface area contributed by atoms with Crippen LogP contribution in [0.25, 0.3) is 10.9 Å². The topological polar surface area (TPSA) is 107 Å². The monoisotopic (exact) mass is 344 g/mol. The molecule has 1 aromatic carbocycles. The Hall–Kier alpha value is -2.70. The number of primary amides is 1. The van der Waals surface area contributed by atoms with Crippen LogP contribution < -0.4 is 16.6 Å². The largest absolute Gasteiger partial charge is 0.368 e. The molecule has 3 N–H and O–H groups in total. The van der Waals surface area contributed by atoms with Gasteiger partial charge in [-0.1, -0.05) is 32.4 Å². The molecule has 0 spiro atoms. The van der Waals surface area contributed by atoms with Crippen LogP contribution in [0.15, 0.2) is 29.3 Å². The van der Waals surface area contributed by atoms with Gasteiger partial charge in [-0.25, -0.2) is 4.98 Å². The molecule has 0 aliphatic rings. The number of aromatic nitrogens is 2. The van der Waals surface area contributed by atoms with Crippen molar-refractivity contribution in [1.29, 1.82) is 0 Å². The average Bonchev–Trinajstić information content (AvgIpc) is 2.59. The van der Waals surface area contributed by atoms with Gasteiger partial charge in [-0.15, -0.1) is 0 Å². The van der Waals surface area contributed by atoms with Crippen LogP contribution >= 0.6 is 0 Å². The molecule has 0 aliphatic carbocycles. The van der Waals surface area contributed by atoms with Gasteiger partial charge in [0, 0.05) is 13.0 Å². The summed E-state index contributed by atoms with van der Waals surface area (Å²) in [6.07, 6.45) is 2.24. The summed E-state index contributed by atoms with van der Waals surface area (Å²) in [6.45, 7) is 5.86. The normalized spacial score (nSPS) is 13.4. The lowest BCUT2D eigenvalue weighted by atomic mass is 9.98. The molecule has 7 heteroatoms. The predicted octanol–water partition coefficient (Wildman–Crippen LogP) is 1.11. The molecule has 0 saturated carbocycles. The maximum atomic E-state index is 12.5. The molecule has 0 saturated heterocycles. The fraction of sp³-hybridized carbons (Fsp3) is 0.444. The number of carbonyl (C=O) groups is 2. The molecule has 25 heavy (non-hydrogen) atoms. The third-order valence-electron chi connectivity index (χ3n) is 4.47. The number of fused-ring (bicyclic) bond motifs is 1. The van der Waals surface area contributed by atoms with E-state index in [1.165, 1.54) is 10.9 Å². The molecule has 0 aliphatic heterocycles. The van der Waals surface area contributed by atoms with Gasteiger partial charge in [-0.05, 0) is 24.5 Å². The minimum absolute atomic E-state index is 0.0468. The van der Waals surface area contributed by atoms with Crippen molar-refractivity contribution in [2.45, 2.75) is 46.2 Å². The van der Waals surface area contributed by atoms with Gasteiger partial charge in [0.2, 0.25) is 11.8 Å². The first-order chi connectivity index (χ1) is 11.8. The summed E-state index contributed by atoms with van der Waals surface area (Å²) in [5, 5.41) is 3.18. The third-order valence-corrected chi connectivity index (χ3v) is 4.47. The fourth-order valence-corrected chi connectivity index (χ4v) is 2.69. The minimum atomic E-state index is -0.702. The maximum absolute atomic E-state index is 12.5. The summed E-state index contributed by atoms with van der Waals surface area (Å²) >= 11 is 0. The molecular formula is C18H24N4O3. The molecule has 0 fully saturated rings. The van der Waals surface area contributed by atoms with Gasteiger partial charge >= 0.3 is 0 Å². The Kier molecular flexibility index (Phi) is 5.90. The van der Waals surface area contributed by atoms with Gasteiger partial charge < -0.3 is 11.1 Å². The van der Waals surface area contributed by atoms with Crippen molar-refractivity contribution in [1.82, 2.24) is 14.9 Å². The van der Waals surface area contributed by atoms with E-state index in [4.69, 9.17) is 5.73 Å². The Morgan fingerprint density at radius 1 is 1.36 bits per heavy atom. The van der Waals surface area contributed by atoms with Crippen LogP contribution in [0.1, 0.15) is 32.3 Å². The van der Waals surface area contributed by atoms with Crippen molar-refractivity contribution in [3.05, 3.63) is 40.4 Å². The number of nitrogens with two attached hydrogens (primary N) is 1. The van der Waals surface area contributed by atoms with Crippen LogP contribution in [-0.2, 0) is 16.1 Å². The third kappa shape index (κ3) is 4.23. The number of para-hydroxylation sites is 1. The molecule has 2 aromatic rings. The van der Waals surface area contributed by atoms with Gasteiger partial charge in [-0.2, -0.15) is 0 Å². The molecule has 7 nitrogen and oxygen atoms in total. The molecule has 0 radical (unpaired) electrons. The first-order valence-electron chi connectivity index (χ1n) is 8.38. The van der Waals surface area contributed by atoms with Crippen LogP contribution in [0, 0.1) is 12.8 Å². The minimum Gasteiger partial charge on any atom is -0.368 e. The first kappa shape index (κ1) is 18.6. The standard InChI is InChI=1S/C18H24N4O3/c1-4-11(2)16(17(19)24)21-14(23)8-9-22-10-20-15-12(3)6-5-7-13(15)18(22)25/h5-7,10-11,16H,4,8-9H2,1-3H3,(H2,19,24)(H,21,23). The average molecular weight is 344 g/mol. The van der Waals surface area contributed by atoms with E-state index in [0.717, 1.165) is 12.0 Å². The Bertz CT molecular complexity index is 844. The Labute approximate surface area is 146 Å². The van der Waals surface area contributed by atoms with E-state index in [1.807, 2.05) is 26.8 Å². The number of benzene rings is 1. The van der Waals surface area contributed by atoms with Gasteiger partial charge in [0.1, 0.15) is 6.04 Å². The second-order valence-corrected chi connectivity index (χ2v) is 6.30. The van der Waals surface area contributed by atoms with E-state index in [9.17, 15) is 14.4 Å². The van der Waals surface area contributed by atoms with E-state index >= 15 is 0 Å². The lowest BCUT2D eigenvalue weighted by Gasteiger charge is -2.21. The summed E-state index contributed by atoms with van der Waals surface area (Å²) in [5.74, 6) is -0.919. The van der Waals surface area contributed by atoms with E-state index in [0.29, 0.717) is 10.9 Å². The molecule has 134 valence electrons. The lowest BCUT2D eigenvalue weighted by Crippen LogP contribution is -2.48. The summed E-state index contributed by atoms with van der Waals surface area (Å²) in [7, 11) is 0. The summed E-state index contributed by atoms with van der Waals surface area (Å²) < 4.78 is 1.41. The molecule has 2 unspecified atom stereocenters. The number of carbonyl (C=O) groups excluding carboxylic acids is 2. The molecule has 0 bridgehead atoms. The van der Waals surface area contributed by atoms with Crippen LogP contribution in [-0.4, -0.2) is 27.4 Å². The maximum Gasteiger partial charge on any atom is 0.261 e. The van der Waals surface area contributed by atoms with Crippen molar-refractivity contribution >= 4 is 22.7 Å². The number of nitrogens with zero attached hydrogens (tertiary/aromatic N) is 2. The molecular weight excluding hydrogens is 320 g/mol. The summed E-state index contributed by atoms with van der Waals surface area (Å²) in [4.78, 5) is 40.4. The van der Waals surface area contributed by atoms with E-state index in [2.05, 4.69) is 10.3 Å². The number of nitrogens with one attached hydrogen (secondary N) is 1. The molecule has 2 rings (SSSR count). The second-order valence-electron chi connectivity index (χ2n) is 6.30. The van der Waals surface area contributed by atoms with Crippen LogP contribution in [0.5, 0.6) is 0 Å². The van der Waals surface area contributed by atoms with Gasteiger partial charge in [-0.3, -0.25) is 19.0 Å². The number of aryl methyl sites for hydroxylation is 2. The van der Waals surface area contributed by atoms with Crippen molar-refractivity contribution in [2.24, 2.45) is 11.7 Å². The molecule has 1 aromatic heterocycles. The number of hydrogen-bond donors (Lipinski definition) is 2. The number of rotatable bonds is 7. The van der Waals surface area contributed by atoms with Crippen molar-refractivity contribution < 1.29 is 9.59 Å². The SMILES string of the molecule is CCC(C)C(NC(=O)CCn1cnc2c(C)cccc2c1=O)C(N)=O.